The van der Waals surface area contributed by atoms with Crippen molar-refractivity contribution in [2.45, 2.75) is 6.92 Å². The van der Waals surface area contributed by atoms with Gasteiger partial charge in [-0.3, -0.25) is 0 Å². The van der Waals surface area contributed by atoms with Crippen molar-refractivity contribution in [3.8, 4) is 45.1 Å². The maximum absolute atomic E-state index is 9.75. The van der Waals surface area contributed by atoms with E-state index in [2.05, 4.69) is 121 Å². The third-order valence-electron chi connectivity index (χ3n) is 5.92. The Morgan fingerprint density at radius 1 is 0.553 bits per heavy atom. The molecule has 5 aromatic rings. The minimum atomic E-state index is -6.00. The van der Waals surface area contributed by atoms with Crippen LogP contribution in [0.1, 0.15) is 5.56 Å². The molecule has 0 fully saturated rings. The molecule has 4 aromatic carbocycles. The van der Waals surface area contributed by atoms with Crippen molar-refractivity contribution in [3.05, 3.63) is 127 Å². The number of hydrogen-bond donors (Lipinski definition) is 0. The van der Waals surface area contributed by atoms with Gasteiger partial charge in [0.15, 0.2) is 0 Å². The third-order valence-corrected chi connectivity index (χ3v) is 5.92. The molecule has 192 valence electrons. The van der Waals surface area contributed by atoms with E-state index in [1.807, 2.05) is 12.1 Å². The van der Waals surface area contributed by atoms with Gasteiger partial charge in [-0.2, -0.15) is 4.57 Å². The molecular formula is C31H26BF4NO. The number of pyridine rings is 1. The fourth-order valence-corrected chi connectivity index (χ4v) is 4.16. The van der Waals surface area contributed by atoms with Gasteiger partial charge >= 0.3 is 7.25 Å². The first-order chi connectivity index (χ1) is 18.2. The zero-order valence-electron chi connectivity index (χ0n) is 21.0. The van der Waals surface area contributed by atoms with Crippen molar-refractivity contribution >= 4 is 7.25 Å². The van der Waals surface area contributed by atoms with Gasteiger partial charge in [-0.05, 0) is 54.4 Å². The molecule has 0 saturated carbocycles. The largest absolute Gasteiger partial charge is 0.673 e. The van der Waals surface area contributed by atoms with Crippen molar-refractivity contribution < 1.29 is 26.6 Å². The monoisotopic (exact) mass is 515 g/mol. The number of aromatic nitrogens is 1. The van der Waals surface area contributed by atoms with Gasteiger partial charge in [0.1, 0.15) is 5.75 Å². The summed E-state index contributed by atoms with van der Waals surface area (Å²) < 4.78 is 46.7. The third kappa shape index (κ3) is 6.88. The highest BCUT2D eigenvalue weighted by molar-refractivity contribution is 6.50. The predicted molar refractivity (Wildman–Crippen MR) is 146 cm³/mol. The maximum Gasteiger partial charge on any atom is 0.673 e. The highest BCUT2D eigenvalue weighted by atomic mass is 19.5. The van der Waals surface area contributed by atoms with Crippen LogP contribution in [0.3, 0.4) is 0 Å². The van der Waals surface area contributed by atoms with Crippen LogP contribution >= 0.6 is 0 Å². The number of halogens is 4. The summed E-state index contributed by atoms with van der Waals surface area (Å²) in [6, 6.07) is 42.8. The Labute approximate surface area is 219 Å². The quantitative estimate of drug-likeness (QED) is 0.130. The predicted octanol–water partition coefficient (Wildman–Crippen LogP) is 8.58. The van der Waals surface area contributed by atoms with Gasteiger partial charge in [-0.15, -0.1) is 0 Å². The first-order valence-electron chi connectivity index (χ1n) is 12.0. The lowest BCUT2D eigenvalue weighted by Crippen LogP contribution is -2.36. The van der Waals surface area contributed by atoms with Crippen LogP contribution in [-0.4, -0.2) is 14.4 Å². The average molecular weight is 515 g/mol. The van der Waals surface area contributed by atoms with Crippen LogP contribution in [0.2, 0.25) is 0 Å². The SMILES string of the molecule is COc1ccc(-c2cc(-c3ccccc3)[n+](-c3ccc(C)cc3)c(-c3ccccc3)c2)cc1.F[B-](F)(F)F. The van der Waals surface area contributed by atoms with E-state index in [4.69, 9.17) is 4.74 Å². The van der Waals surface area contributed by atoms with Gasteiger partial charge in [0.2, 0.25) is 17.1 Å². The lowest BCUT2D eigenvalue weighted by atomic mass is 9.98. The van der Waals surface area contributed by atoms with Gasteiger partial charge in [0.05, 0.1) is 7.11 Å². The summed E-state index contributed by atoms with van der Waals surface area (Å²) in [5.41, 5.74) is 9.34. The summed E-state index contributed by atoms with van der Waals surface area (Å²) in [6.45, 7) is 2.12. The molecule has 38 heavy (non-hydrogen) atoms. The molecule has 7 heteroatoms. The number of methoxy groups -OCH3 is 1. The Kier molecular flexibility index (Phi) is 8.27. The molecule has 0 aliphatic heterocycles. The van der Waals surface area contributed by atoms with E-state index >= 15 is 0 Å². The van der Waals surface area contributed by atoms with Gasteiger partial charge in [-0.1, -0.05) is 66.2 Å². The second-order valence-corrected chi connectivity index (χ2v) is 8.64. The molecule has 0 saturated heterocycles. The first-order valence-corrected chi connectivity index (χ1v) is 12.0. The van der Waals surface area contributed by atoms with Crippen LogP contribution in [0.25, 0.3) is 39.3 Å². The smallest absolute Gasteiger partial charge is 0.497 e. The van der Waals surface area contributed by atoms with E-state index < -0.39 is 7.25 Å². The number of hydrogen-bond acceptors (Lipinski definition) is 1. The van der Waals surface area contributed by atoms with Crippen molar-refractivity contribution in [2.24, 2.45) is 0 Å². The normalized spacial score (nSPS) is 10.9. The van der Waals surface area contributed by atoms with Crippen LogP contribution in [0.5, 0.6) is 5.75 Å². The van der Waals surface area contributed by atoms with E-state index in [0.717, 1.165) is 28.4 Å². The molecule has 0 spiro atoms. The summed E-state index contributed by atoms with van der Waals surface area (Å²) in [6.07, 6.45) is 0. The van der Waals surface area contributed by atoms with E-state index in [1.54, 1.807) is 7.11 Å². The molecule has 0 amide bonds. The van der Waals surface area contributed by atoms with E-state index in [-0.39, 0.29) is 0 Å². The fraction of sp³-hybridized carbons (Fsp3) is 0.0645. The van der Waals surface area contributed by atoms with Crippen molar-refractivity contribution in [1.82, 2.24) is 0 Å². The Morgan fingerprint density at radius 3 is 1.42 bits per heavy atom. The van der Waals surface area contributed by atoms with Gasteiger partial charge < -0.3 is 22.0 Å². The molecule has 0 aliphatic carbocycles. The highest BCUT2D eigenvalue weighted by Gasteiger charge is 2.24. The summed E-state index contributed by atoms with van der Waals surface area (Å²) in [5.74, 6) is 0.857. The van der Waals surface area contributed by atoms with Crippen LogP contribution in [0.4, 0.5) is 17.3 Å². The molecule has 0 unspecified atom stereocenters. The zero-order valence-corrected chi connectivity index (χ0v) is 21.0. The molecule has 0 aliphatic rings. The zero-order chi connectivity index (χ0) is 27.1. The Balaban J connectivity index is 0.000000617. The van der Waals surface area contributed by atoms with Crippen LogP contribution in [-0.2, 0) is 0 Å². The number of nitrogens with zero attached hydrogens (tertiary/aromatic N) is 1. The maximum atomic E-state index is 9.75. The number of benzene rings is 4. The first kappa shape index (κ1) is 26.7. The van der Waals surface area contributed by atoms with Gasteiger partial charge in [0.25, 0.3) is 0 Å². The minimum Gasteiger partial charge on any atom is -0.497 e. The molecular weight excluding hydrogens is 489 g/mol. The number of ether oxygens (including phenoxy) is 1. The molecule has 2 nitrogen and oxygen atoms in total. The summed E-state index contributed by atoms with van der Waals surface area (Å²) in [4.78, 5) is 0. The lowest BCUT2D eigenvalue weighted by molar-refractivity contribution is -0.572. The number of rotatable bonds is 5. The summed E-state index contributed by atoms with van der Waals surface area (Å²) >= 11 is 0. The van der Waals surface area contributed by atoms with Crippen molar-refractivity contribution in [3.63, 3.8) is 0 Å². The molecule has 0 bridgehead atoms. The topological polar surface area (TPSA) is 13.1 Å². The minimum absolute atomic E-state index is 0.857. The highest BCUT2D eigenvalue weighted by Crippen LogP contribution is 2.31. The number of aryl methyl sites for hydroxylation is 1. The summed E-state index contributed by atoms with van der Waals surface area (Å²) in [7, 11) is -4.30. The molecule has 1 aromatic heterocycles. The second-order valence-electron chi connectivity index (χ2n) is 8.64. The Hall–Kier alpha value is -4.39. The van der Waals surface area contributed by atoms with E-state index in [1.165, 1.54) is 22.3 Å². The second kappa shape index (κ2) is 11.8. The average Bonchev–Trinajstić information content (AvgIpc) is 2.93. The van der Waals surface area contributed by atoms with Crippen molar-refractivity contribution in [2.75, 3.05) is 7.11 Å². The molecule has 0 radical (unpaired) electrons. The Morgan fingerprint density at radius 2 is 1.00 bits per heavy atom. The molecule has 0 N–H and O–H groups in total. The van der Waals surface area contributed by atoms with Gasteiger partial charge in [-0.25, -0.2) is 0 Å². The molecule has 0 atom stereocenters. The molecule has 5 rings (SSSR count). The van der Waals surface area contributed by atoms with Crippen LogP contribution in [0.15, 0.2) is 121 Å². The fourth-order valence-electron chi connectivity index (χ4n) is 4.16. The van der Waals surface area contributed by atoms with E-state index in [0.29, 0.717) is 0 Å². The van der Waals surface area contributed by atoms with Gasteiger partial charge in [0, 0.05) is 35.4 Å². The molecule has 1 heterocycles. The lowest BCUT2D eigenvalue weighted by Gasteiger charge is -2.13. The summed E-state index contributed by atoms with van der Waals surface area (Å²) in [5, 5.41) is 0. The standard InChI is InChI=1S/C31H26NO.BF4/c1-23-13-17-28(18-14-23)32-30(25-9-5-3-6-10-25)21-27(24-15-19-29(33-2)20-16-24)22-31(32)26-11-7-4-8-12-26;2-1(3,4)5/h3-22H,1-2H3;/q+1;-1. The van der Waals surface area contributed by atoms with Crippen LogP contribution < -0.4 is 9.30 Å². The van der Waals surface area contributed by atoms with Crippen molar-refractivity contribution in [1.29, 1.82) is 0 Å². The Bertz CT molecular complexity index is 1400. The van der Waals surface area contributed by atoms with Crippen LogP contribution in [0, 0.1) is 6.92 Å². The van der Waals surface area contributed by atoms with E-state index in [9.17, 15) is 17.3 Å².